The van der Waals surface area contributed by atoms with Gasteiger partial charge >= 0.3 is 5.97 Å². The highest BCUT2D eigenvalue weighted by Gasteiger charge is 2.33. The number of rotatable bonds is 8. The van der Waals surface area contributed by atoms with Gasteiger partial charge in [0.15, 0.2) is 0 Å². The zero-order chi connectivity index (χ0) is 19.3. The molecular weight excluding hydrogens is 358 g/mol. The molecule has 0 saturated carbocycles. The third-order valence-corrected chi connectivity index (χ3v) is 5.93. The van der Waals surface area contributed by atoms with Crippen LogP contribution in [0, 0.1) is 0 Å². The molecule has 8 heteroatoms. The van der Waals surface area contributed by atoms with Crippen molar-refractivity contribution in [3.8, 4) is 11.5 Å². The summed E-state index contributed by atoms with van der Waals surface area (Å²) in [6, 6.07) is 11.4. The van der Waals surface area contributed by atoms with Crippen LogP contribution in [0.5, 0.6) is 11.5 Å². The number of carboxylic acid groups (broad SMARTS) is 1. The van der Waals surface area contributed by atoms with Crippen LogP contribution < -0.4 is 9.47 Å². The number of likely N-dealkylation sites (N-methyl/N-ethyl adjacent to an activating group) is 1. The molecule has 0 spiro atoms. The number of aliphatic carboxylic acids is 1. The van der Waals surface area contributed by atoms with E-state index in [0.717, 1.165) is 4.31 Å². The molecule has 0 radical (unpaired) electrons. The Labute approximate surface area is 152 Å². The summed E-state index contributed by atoms with van der Waals surface area (Å²) in [5, 5.41) is 9.63. The largest absolute Gasteiger partial charge is 0.497 e. The second kappa shape index (κ2) is 8.20. The highest BCUT2D eigenvalue weighted by Crippen LogP contribution is 2.27. The van der Waals surface area contributed by atoms with Crippen LogP contribution in [0.3, 0.4) is 0 Å². The van der Waals surface area contributed by atoms with Gasteiger partial charge in [0.2, 0.25) is 10.0 Å². The van der Waals surface area contributed by atoms with Crippen molar-refractivity contribution in [1.82, 2.24) is 4.31 Å². The van der Waals surface area contributed by atoms with Gasteiger partial charge in [0.25, 0.3) is 0 Å². The molecule has 0 saturated heterocycles. The molecule has 0 aliphatic rings. The van der Waals surface area contributed by atoms with Crippen molar-refractivity contribution in [1.29, 1.82) is 0 Å². The Kier molecular flexibility index (Phi) is 6.23. The maximum atomic E-state index is 12.8. The van der Waals surface area contributed by atoms with E-state index in [2.05, 4.69) is 0 Å². The van der Waals surface area contributed by atoms with Crippen molar-refractivity contribution in [2.24, 2.45) is 0 Å². The van der Waals surface area contributed by atoms with Gasteiger partial charge in [-0.05, 0) is 35.9 Å². The normalized spacial score (nSPS) is 12.6. The topological polar surface area (TPSA) is 93.1 Å². The lowest BCUT2D eigenvalue weighted by atomic mass is 10.0. The highest BCUT2D eigenvalue weighted by molar-refractivity contribution is 7.89. The third kappa shape index (κ3) is 4.14. The second-order valence-electron chi connectivity index (χ2n) is 5.57. The van der Waals surface area contributed by atoms with E-state index >= 15 is 0 Å². The minimum atomic E-state index is -3.96. The lowest BCUT2D eigenvalue weighted by molar-refractivity contribution is -0.141. The van der Waals surface area contributed by atoms with Gasteiger partial charge in [-0.2, -0.15) is 4.31 Å². The fourth-order valence-electron chi connectivity index (χ4n) is 2.55. The molecule has 2 rings (SSSR count). The number of carbonyl (C=O) groups is 1. The minimum Gasteiger partial charge on any atom is -0.497 e. The Bertz CT molecular complexity index is 867. The second-order valence-corrected chi connectivity index (χ2v) is 7.57. The first-order valence-electron chi connectivity index (χ1n) is 7.78. The predicted molar refractivity (Wildman–Crippen MR) is 96.1 cm³/mol. The van der Waals surface area contributed by atoms with Crippen LogP contribution in [0.15, 0.2) is 53.4 Å². The van der Waals surface area contributed by atoms with Gasteiger partial charge in [-0.25, -0.2) is 8.42 Å². The van der Waals surface area contributed by atoms with E-state index < -0.39 is 22.0 Å². The van der Waals surface area contributed by atoms with Gasteiger partial charge in [0.05, 0.1) is 19.1 Å². The van der Waals surface area contributed by atoms with Gasteiger partial charge in [-0.15, -0.1) is 0 Å². The molecule has 26 heavy (non-hydrogen) atoms. The van der Waals surface area contributed by atoms with Gasteiger partial charge in [-0.1, -0.05) is 18.2 Å². The number of nitrogens with zero attached hydrogens (tertiary/aromatic N) is 1. The summed E-state index contributed by atoms with van der Waals surface area (Å²) in [6.07, 6.45) is -0.0712. The fourth-order valence-corrected chi connectivity index (χ4v) is 3.88. The van der Waals surface area contributed by atoms with Crippen molar-refractivity contribution in [2.45, 2.75) is 17.4 Å². The molecule has 2 aromatic carbocycles. The summed E-state index contributed by atoms with van der Waals surface area (Å²) in [6.45, 7) is 0. The Morgan fingerprint density at radius 1 is 1.12 bits per heavy atom. The summed E-state index contributed by atoms with van der Waals surface area (Å²) in [5.41, 5.74) is 0.536. The van der Waals surface area contributed by atoms with Crippen molar-refractivity contribution < 1.29 is 27.8 Å². The molecule has 0 heterocycles. The Balaban J connectivity index is 2.40. The smallest absolute Gasteiger partial charge is 0.322 e. The van der Waals surface area contributed by atoms with E-state index in [1.54, 1.807) is 36.4 Å². The summed E-state index contributed by atoms with van der Waals surface area (Å²) in [4.78, 5) is 11.8. The molecule has 1 unspecified atom stereocenters. The van der Waals surface area contributed by atoms with E-state index in [1.165, 1.54) is 33.4 Å². The zero-order valence-electron chi connectivity index (χ0n) is 14.7. The average molecular weight is 379 g/mol. The van der Waals surface area contributed by atoms with Crippen LogP contribution in [0.2, 0.25) is 0 Å². The van der Waals surface area contributed by atoms with Crippen LogP contribution in [0.25, 0.3) is 0 Å². The molecule has 0 aliphatic heterocycles. The summed E-state index contributed by atoms with van der Waals surface area (Å²) in [7, 11) is 0.256. The number of methoxy groups -OCH3 is 2. The maximum absolute atomic E-state index is 12.8. The maximum Gasteiger partial charge on any atom is 0.322 e. The standard InChI is InChI=1S/C18H21NO6S/c1-19(26(22,23)15-7-5-4-6-8-15)16(18(20)21)12-13-11-14(24-2)9-10-17(13)25-3/h4-11,16H,12H2,1-3H3,(H,20,21). The molecule has 0 aromatic heterocycles. The number of ether oxygens (including phenoxy) is 2. The van der Waals surface area contributed by atoms with E-state index in [9.17, 15) is 18.3 Å². The lowest BCUT2D eigenvalue weighted by Crippen LogP contribution is -2.43. The number of hydrogen-bond donors (Lipinski definition) is 1. The molecule has 7 nitrogen and oxygen atoms in total. The summed E-state index contributed by atoms with van der Waals surface area (Å²) in [5.74, 6) is -0.266. The quantitative estimate of drug-likeness (QED) is 0.754. The molecule has 1 atom stereocenters. The molecule has 0 bridgehead atoms. The fraction of sp³-hybridized carbons (Fsp3) is 0.278. The average Bonchev–Trinajstić information content (AvgIpc) is 2.65. The molecule has 0 fully saturated rings. The first-order valence-corrected chi connectivity index (χ1v) is 9.22. The first-order chi connectivity index (χ1) is 12.3. The predicted octanol–water partition coefficient (Wildman–Crippen LogP) is 2.02. The van der Waals surface area contributed by atoms with E-state index in [4.69, 9.17) is 9.47 Å². The van der Waals surface area contributed by atoms with Gasteiger partial charge < -0.3 is 14.6 Å². The van der Waals surface area contributed by atoms with Crippen LogP contribution in [0.4, 0.5) is 0 Å². The summed E-state index contributed by atoms with van der Waals surface area (Å²) < 4.78 is 36.8. The van der Waals surface area contributed by atoms with Gasteiger partial charge in [-0.3, -0.25) is 4.79 Å². The van der Waals surface area contributed by atoms with E-state index in [1.807, 2.05) is 0 Å². The number of benzene rings is 2. The molecule has 2 aromatic rings. The van der Waals surface area contributed by atoms with Gasteiger partial charge in [0.1, 0.15) is 17.5 Å². The van der Waals surface area contributed by atoms with Crippen LogP contribution >= 0.6 is 0 Å². The van der Waals surface area contributed by atoms with E-state index in [-0.39, 0.29) is 11.3 Å². The van der Waals surface area contributed by atoms with Crippen molar-refractivity contribution in [2.75, 3.05) is 21.3 Å². The van der Waals surface area contributed by atoms with Crippen LogP contribution in [-0.4, -0.2) is 51.1 Å². The molecule has 0 aliphatic carbocycles. The molecule has 0 amide bonds. The van der Waals surface area contributed by atoms with Crippen molar-refractivity contribution in [3.63, 3.8) is 0 Å². The third-order valence-electron chi connectivity index (χ3n) is 4.04. The first kappa shape index (κ1) is 19.7. The highest BCUT2D eigenvalue weighted by atomic mass is 32.2. The van der Waals surface area contributed by atoms with Crippen molar-refractivity contribution in [3.05, 3.63) is 54.1 Å². The Hall–Kier alpha value is -2.58. The van der Waals surface area contributed by atoms with Crippen LogP contribution in [0.1, 0.15) is 5.56 Å². The Morgan fingerprint density at radius 2 is 1.77 bits per heavy atom. The van der Waals surface area contributed by atoms with Crippen molar-refractivity contribution >= 4 is 16.0 Å². The minimum absolute atomic E-state index is 0.0337. The molecular formula is C18H21NO6S. The Morgan fingerprint density at radius 3 is 2.31 bits per heavy atom. The summed E-state index contributed by atoms with van der Waals surface area (Å²) >= 11 is 0. The lowest BCUT2D eigenvalue weighted by Gasteiger charge is -2.25. The zero-order valence-corrected chi connectivity index (χ0v) is 15.6. The number of carboxylic acids is 1. The number of hydrogen-bond acceptors (Lipinski definition) is 5. The van der Waals surface area contributed by atoms with Crippen LogP contribution in [-0.2, 0) is 21.2 Å². The van der Waals surface area contributed by atoms with E-state index in [0.29, 0.717) is 17.1 Å². The number of sulfonamides is 1. The van der Waals surface area contributed by atoms with Gasteiger partial charge in [0, 0.05) is 13.5 Å². The SMILES string of the molecule is COc1ccc(OC)c(CC(C(=O)O)N(C)S(=O)(=O)c2ccccc2)c1. The molecule has 1 N–H and O–H groups in total. The molecule has 140 valence electrons. The monoisotopic (exact) mass is 379 g/mol.